The van der Waals surface area contributed by atoms with E-state index in [1.54, 1.807) is 0 Å². The van der Waals surface area contributed by atoms with Crippen LogP contribution in [-0.4, -0.2) is 31.2 Å². The number of nitrogens with one attached hydrogen (secondary N) is 1. The van der Waals surface area contributed by atoms with Gasteiger partial charge in [-0.3, -0.25) is 4.79 Å². The fourth-order valence-corrected chi connectivity index (χ4v) is 1.84. The van der Waals surface area contributed by atoms with Crippen molar-refractivity contribution in [3.63, 3.8) is 0 Å². The van der Waals surface area contributed by atoms with Crippen LogP contribution >= 0.6 is 12.4 Å². The van der Waals surface area contributed by atoms with Crippen molar-refractivity contribution in [2.24, 2.45) is 11.7 Å². The molecule has 0 aromatic rings. The van der Waals surface area contributed by atoms with Gasteiger partial charge in [-0.15, -0.1) is 12.4 Å². The molecule has 1 amide bonds. The van der Waals surface area contributed by atoms with Crippen molar-refractivity contribution in [2.45, 2.75) is 31.3 Å². The number of ether oxygens (including phenoxy) is 1. The van der Waals surface area contributed by atoms with Gasteiger partial charge in [0.15, 0.2) is 0 Å². The van der Waals surface area contributed by atoms with Crippen LogP contribution in [0.25, 0.3) is 0 Å². The summed E-state index contributed by atoms with van der Waals surface area (Å²) in [6, 6.07) is 0.486. The molecule has 1 atom stereocenters. The number of carbonyl (C=O) groups is 1. The van der Waals surface area contributed by atoms with Crippen LogP contribution in [-0.2, 0) is 9.53 Å². The fourth-order valence-electron chi connectivity index (χ4n) is 1.84. The first-order valence-electron chi connectivity index (χ1n) is 4.89. The van der Waals surface area contributed by atoms with Crippen LogP contribution in [0.15, 0.2) is 0 Å². The minimum absolute atomic E-state index is 0. The quantitative estimate of drug-likeness (QED) is 0.691. The number of amides is 1. The normalized spacial score (nSPS) is 35.6. The van der Waals surface area contributed by atoms with Gasteiger partial charge in [0, 0.05) is 18.6 Å². The van der Waals surface area contributed by atoms with Crippen molar-refractivity contribution in [3.8, 4) is 0 Å². The highest BCUT2D eigenvalue weighted by atomic mass is 35.5. The van der Waals surface area contributed by atoms with Crippen molar-refractivity contribution in [1.29, 1.82) is 0 Å². The largest absolute Gasteiger partial charge is 0.379 e. The summed E-state index contributed by atoms with van der Waals surface area (Å²) in [4.78, 5) is 11.5. The first-order valence-corrected chi connectivity index (χ1v) is 4.89. The van der Waals surface area contributed by atoms with E-state index in [9.17, 15) is 4.79 Å². The van der Waals surface area contributed by atoms with Gasteiger partial charge in [0.1, 0.15) is 0 Å². The second-order valence-corrected chi connectivity index (χ2v) is 4.00. The third-order valence-electron chi connectivity index (χ3n) is 2.82. The molecule has 14 heavy (non-hydrogen) atoms. The van der Waals surface area contributed by atoms with Gasteiger partial charge in [-0.05, 0) is 19.3 Å². The Labute approximate surface area is 90.0 Å². The molecule has 2 fully saturated rings. The molecule has 1 heterocycles. The van der Waals surface area contributed by atoms with E-state index in [-0.39, 0.29) is 36.3 Å². The lowest BCUT2D eigenvalue weighted by atomic mass is 9.80. The average molecular weight is 221 g/mol. The molecule has 2 aliphatic rings. The van der Waals surface area contributed by atoms with E-state index < -0.39 is 0 Å². The first kappa shape index (κ1) is 11.8. The molecule has 0 bridgehead atoms. The summed E-state index contributed by atoms with van der Waals surface area (Å²) in [5.74, 6) is 0.327. The molecule has 1 unspecified atom stereocenters. The molecule has 1 aliphatic heterocycles. The van der Waals surface area contributed by atoms with Crippen LogP contribution in [0.3, 0.4) is 0 Å². The van der Waals surface area contributed by atoms with Gasteiger partial charge >= 0.3 is 0 Å². The molecule has 1 saturated heterocycles. The molecular weight excluding hydrogens is 204 g/mol. The molecule has 82 valence electrons. The third-order valence-corrected chi connectivity index (χ3v) is 2.82. The zero-order chi connectivity index (χ0) is 9.26. The number of nitrogens with two attached hydrogens (primary N) is 1. The van der Waals surface area contributed by atoms with Crippen LogP contribution in [0, 0.1) is 5.92 Å². The van der Waals surface area contributed by atoms with Crippen LogP contribution in [0.1, 0.15) is 19.3 Å². The average Bonchev–Trinajstić information content (AvgIpc) is 2.51. The minimum Gasteiger partial charge on any atom is -0.379 e. The summed E-state index contributed by atoms with van der Waals surface area (Å²) >= 11 is 0. The summed E-state index contributed by atoms with van der Waals surface area (Å²) in [5.41, 5.74) is 5.61. The first-order chi connectivity index (χ1) is 6.25. The Morgan fingerprint density at radius 3 is 2.64 bits per heavy atom. The maximum Gasteiger partial charge on any atom is 0.223 e. The van der Waals surface area contributed by atoms with Crippen LogP contribution < -0.4 is 11.1 Å². The van der Waals surface area contributed by atoms with Crippen LogP contribution in [0.2, 0.25) is 0 Å². The van der Waals surface area contributed by atoms with E-state index in [1.807, 2.05) is 0 Å². The van der Waals surface area contributed by atoms with Crippen molar-refractivity contribution >= 4 is 18.3 Å². The second kappa shape index (κ2) is 4.96. The summed E-state index contributed by atoms with van der Waals surface area (Å²) < 4.78 is 5.17. The minimum atomic E-state index is 0. The second-order valence-electron chi connectivity index (χ2n) is 4.00. The number of rotatable bonds is 2. The van der Waals surface area contributed by atoms with Gasteiger partial charge in [0.2, 0.25) is 5.91 Å². The monoisotopic (exact) mass is 220 g/mol. The molecule has 4 nitrogen and oxygen atoms in total. The molecule has 3 N–H and O–H groups in total. The van der Waals surface area contributed by atoms with E-state index in [0.717, 1.165) is 25.9 Å². The molecule has 1 aliphatic carbocycles. The van der Waals surface area contributed by atoms with E-state index in [2.05, 4.69) is 5.32 Å². The maximum atomic E-state index is 11.5. The van der Waals surface area contributed by atoms with E-state index in [4.69, 9.17) is 10.5 Å². The van der Waals surface area contributed by atoms with Gasteiger partial charge in [-0.25, -0.2) is 0 Å². The van der Waals surface area contributed by atoms with Gasteiger partial charge in [0.25, 0.3) is 0 Å². The highest BCUT2D eigenvalue weighted by Gasteiger charge is 2.33. The lowest BCUT2D eigenvalue weighted by molar-refractivity contribution is -0.128. The maximum absolute atomic E-state index is 11.5. The zero-order valence-electron chi connectivity index (χ0n) is 8.07. The molecule has 0 aromatic carbocycles. The SMILES string of the molecule is Cl.NC1CC(C(=O)NC2CCOC2)C1. The third kappa shape index (κ3) is 2.59. The number of hydrogen-bond acceptors (Lipinski definition) is 3. The summed E-state index contributed by atoms with van der Waals surface area (Å²) in [6.45, 7) is 1.44. The standard InChI is InChI=1S/C9H16N2O2.ClH/c10-7-3-6(4-7)9(12)11-8-1-2-13-5-8;/h6-8H,1-5,10H2,(H,11,12);1H. The molecule has 0 radical (unpaired) electrons. The Morgan fingerprint density at radius 1 is 1.43 bits per heavy atom. The van der Waals surface area contributed by atoms with E-state index >= 15 is 0 Å². The van der Waals surface area contributed by atoms with Crippen molar-refractivity contribution in [2.75, 3.05) is 13.2 Å². The lowest BCUT2D eigenvalue weighted by Crippen LogP contribution is -2.47. The summed E-state index contributed by atoms with van der Waals surface area (Å²) in [5, 5.41) is 2.98. The smallest absolute Gasteiger partial charge is 0.223 e. The van der Waals surface area contributed by atoms with Gasteiger partial charge < -0.3 is 15.8 Å². The molecule has 1 saturated carbocycles. The number of halogens is 1. The summed E-state index contributed by atoms with van der Waals surface area (Å²) in [6.07, 6.45) is 2.64. The van der Waals surface area contributed by atoms with Crippen LogP contribution in [0.5, 0.6) is 0 Å². The zero-order valence-corrected chi connectivity index (χ0v) is 8.89. The molecule has 5 heteroatoms. The predicted molar refractivity (Wildman–Crippen MR) is 55.3 cm³/mol. The fraction of sp³-hybridized carbons (Fsp3) is 0.889. The van der Waals surface area contributed by atoms with E-state index in [1.165, 1.54) is 0 Å². The highest BCUT2D eigenvalue weighted by molar-refractivity contribution is 5.85. The molecular formula is C9H17ClN2O2. The highest BCUT2D eigenvalue weighted by Crippen LogP contribution is 2.25. The van der Waals surface area contributed by atoms with Crippen LogP contribution in [0.4, 0.5) is 0 Å². The number of carbonyl (C=O) groups excluding carboxylic acids is 1. The van der Waals surface area contributed by atoms with E-state index in [0.29, 0.717) is 6.61 Å². The predicted octanol–water partition coefficient (Wildman–Crippen LogP) is 0.0506. The van der Waals surface area contributed by atoms with Gasteiger partial charge in [0.05, 0.1) is 12.6 Å². The Balaban J connectivity index is 0.000000980. The van der Waals surface area contributed by atoms with Gasteiger partial charge in [-0.1, -0.05) is 0 Å². The molecule has 2 rings (SSSR count). The summed E-state index contributed by atoms with van der Waals surface area (Å²) in [7, 11) is 0. The Morgan fingerprint density at radius 2 is 2.14 bits per heavy atom. The van der Waals surface area contributed by atoms with Gasteiger partial charge in [-0.2, -0.15) is 0 Å². The van der Waals surface area contributed by atoms with Crippen molar-refractivity contribution in [3.05, 3.63) is 0 Å². The Hall–Kier alpha value is -0.320. The van der Waals surface area contributed by atoms with Crippen molar-refractivity contribution in [1.82, 2.24) is 5.32 Å². The topological polar surface area (TPSA) is 64.4 Å². The Bertz CT molecular complexity index is 201. The van der Waals surface area contributed by atoms with Crippen molar-refractivity contribution < 1.29 is 9.53 Å². The molecule has 0 spiro atoms. The molecule has 0 aromatic heterocycles. The lowest BCUT2D eigenvalue weighted by Gasteiger charge is -2.31. The number of hydrogen-bond donors (Lipinski definition) is 2. The Kier molecular flexibility index (Phi) is 4.16.